The first-order valence-corrected chi connectivity index (χ1v) is 3.99. The van der Waals surface area contributed by atoms with E-state index in [0.717, 1.165) is 0 Å². The Hall–Kier alpha value is -1.40. The van der Waals surface area contributed by atoms with E-state index in [-0.39, 0.29) is 25.7 Å². The van der Waals surface area contributed by atoms with Gasteiger partial charge in [0.25, 0.3) is 0 Å². The van der Waals surface area contributed by atoms with Gasteiger partial charge in [-0.2, -0.15) is 0 Å². The van der Waals surface area contributed by atoms with E-state index in [1.54, 1.807) is 6.92 Å². The maximum Gasteiger partial charge on any atom is 0.333 e. The van der Waals surface area contributed by atoms with Crippen LogP contribution in [0.5, 0.6) is 0 Å². The van der Waals surface area contributed by atoms with Crippen LogP contribution in [0.4, 0.5) is 0 Å². The summed E-state index contributed by atoms with van der Waals surface area (Å²) in [6.07, 6.45) is 0. The van der Waals surface area contributed by atoms with Crippen LogP contribution in [0.15, 0.2) is 12.2 Å². The van der Waals surface area contributed by atoms with Crippen LogP contribution in [0.3, 0.4) is 0 Å². The minimum absolute atomic E-state index is 0.0992. The molecule has 0 atom stereocenters. The summed E-state index contributed by atoms with van der Waals surface area (Å²) in [4.78, 5) is 25.7. The molecule has 0 radical (unpaired) electrons. The average Bonchev–Trinajstić information content (AvgIpc) is 2.12. The molecule has 0 saturated heterocycles. The van der Waals surface area contributed by atoms with Crippen molar-refractivity contribution in [2.24, 2.45) is 5.90 Å². The SMILES string of the molecule is C=C(C)C(=O)OCCNC(=O)CON. The maximum absolute atomic E-state index is 10.8. The summed E-state index contributed by atoms with van der Waals surface area (Å²) in [6, 6.07) is 0. The van der Waals surface area contributed by atoms with Crippen LogP contribution in [0.2, 0.25) is 0 Å². The zero-order valence-electron chi connectivity index (χ0n) is 8.04. The quantitative estimate of drug-likeness (QED) is 0.252. The predicted octanol–water partition coefficient (Wildman–Crippen LogP) is -0.888. The van der Waals surface area contributed by atoms with Crippen LogP contribution < -0.4 is 11.2 Å². The number of rotatable bonds is 6. The molecule has 0 aromatic carbocycles. The van der Waals surface area contributed by atoms with Crippen molar-refractivity contribution < 1.29 is 19.2 Å². The van der Waals surface area contributed by atoms with Gasteiger partial charge in [-0.05, 0) is 6.92 Å². The smallest absolute Gasteiger partial charge is 0.333 e. The molecular weight excluding hydrogens is 188 g/mol. The monoisotopic (exact) mass is 202 g/mol. The van der Waals surface area contributed by atoms with Gasteiger partial charge in [-0.25, -0.2) is 10.7 Å². The molecule has 80 valence electrons. The van der Waals surface area contributed by atoms with Gasteiger partial charge in [-0.3, -0.25) is 9.63 Å². The Bertz CT molecular complexity index is 227. The molecule has 0 aromatic heterocycles. The Morgan fingerprint density at radius 2 is 2.14 bits per heavy atom. The molecule has 1 amide bonds. The summed E-state index contributed by atoms with van der Waals surface area (Å²) >= 11 is 0. The van der Waals surface area contributed by atoms with Gasteiger partial charge < -0.3 is 10.1 Å². The Labute approximate surface area is 82.0 Å². The lowest BCUT2D eigenvalue weighted by Gasteiger charge is -2.05. The molecule has 0 aliphatic rings. The van der Waals surface area contributed by atoms with Crippen LogP contribution in [-0.2, 0) is 19.2 Å². The molecule has 0 aromatic rings. The fraction of sp³-hybridized carbons (Fsp3) is 0.500. The largest absolute Gasteiger partial charge is 0.460 e. The zero-order valence-corrected chi connectivity index (χ0v) is 8.04. The van der Waals surface area contributed by atoms with Crippen molar-refractivity contribution in [2.45, 2.75) is 6.92 Å². The summed E-state index contributed by atoms with van der Waals surface area (Å²) in [5, 5.41) is 2.43. The molecule has 0 aliphatic carbocycles. The van der Waals surface area contributed by atoms with Crippen LogP contribution in [0.25, 0.3) is 0 Å². The van der Waals surface area contributed by atoms with Gasteiger partial charge in [0.05, 0.1) is 6.54 Å². The summed E-state index contributed by atoms with van der Waals surface area (Å²) < 4.78 is 4.71. The highest BCUT2D eigenvalue weighted by Crippen LogP contribution is 1.90. The van der Waals surface area contributed by atoms with Gasteiger partial charge in [0.1, 0.15) is 13.2 Å². The van der Waals surface area contributed by atoms with E-state index in [0.29, 0.717) is 5.57 Å². The van der Waals surface area contributed by atoms with Gasteiger partial charge in [0.2, 0.25) is 5.91 Å². The normalized spacial score (nSPS) is 9.29. The highest BCUT2D eigenvalue weighted by Gasteiger charge is 2.03. The molecule has 0 rings (SSSR count). The van der Waals surface area contributed by atoms with Crippen LogP contribution in [0.1, 0.15) is 6.92 Å². The van der Waals surface area contributed by atoms with Gasteiger partial charge in [-0.15, -0.1) is 0 Å². The minimum atomic E-state index is -0.477. The first kappa shape index (κ1) is 12.6. The molecule has 0 spiro atoms. The van der Waals surface area contributed by atoms with E-state index in [2.05, 4.69) is 22.6 Å². The number of carbonyl (C=O) groups is 2. The van der Waals surface area contributed by atoms with Crippen molar-refractivity contribution in [3.05, 3.63) is 12.2 Å². The fourth-order valence-corrected chi connectivity index (χ4v) is 0.584. The molecule has 0 aliphatic heterocycles. The Morgan fingerprint density at radius 3 is 2.64 bits per heavy atom. The average molecular weight is 202 g/mol. The van der Waals surface area contributed by atoms with Gasteiger partial charge in [0.15, 0.2) is 0 Å². The number of nitrogens with one attached hydrogen (secondary N) is 1. The number of esters is 1. The lowest BCUT2D eigenvalue weighted by molar-refractivity contribution is -0.139. The standard InChI is InChI=1S/C8H14N2O4/c1-6(2)8(12)13-4-3-10-7(11)5-14-9/h1,3-5,9H2,2H3,(H,10,11). The Kier molecular flexibility index (Phi) is 6.34. The molecule has 0 fully saturated rings. The highest BCUT2D eigenvalue weighted by atomic mass is 16.6. The second kappa shape index (κ2) is 7.05. The third-order valence-electron chi connectivity index (χ3n) is 1.22. The van der Waals surface area contributed by atoms with Crippen molar-refractivity contribution in [3.63, 3.8) is 0 Å². The lowest BCUT2D eigenvalue weighted by atomic mass is 10.4. The number of hydrogen-bond acceptors (Lipinski definition) is 5. The Morgan fingerprint density at radius 1 is 1.50 bits per heavy atom. The van der Waals surface area contributed by atoms with Gasteiger partial charge in [0, 0.05) is 5.57 Å². The summed E-state index contributed by atoms with van der Waals surface area (Å²) in [5.74, 6) is 3.82. The second-order valence-corrected chi connectivity index (χ2v) is 2.58. The molecule has 0 heterocycles. The molecule has 14 heavy (non-hydrogen) atoms. The molecular formula is C8H14N2O4. The zero-order chi connectivity index (χ0) is 11.0. The van der Waals surface area contributed by atoms with Crippen molar-refractivity contribution in [1.29, 1.82) is 0 Å². The van der Waals surface area contributed by atoms with Crippen molar-refractivity contribution >= 4 is 11.9 Å². The number of amides is 1. The third-order valence-corrected chi connectivity index (χ3v) is 1.22. The minimum Gasteiger partial charge on any atom is -0.460 e. The third kappa shape index (κ3) is 6.15. The molecule has 3 N–H and O–H groups in total. The number of nitrogens with two attached hydrogens (primary N) is 1. The molecule has 0 unspecified atom stereocenters. The van der Waals surface area contributed by atoms with Crippen LogP contribution in [-0.4, -0.2) is 31.6 Å². The Balaban J connectivity index is 3.42. The van der Waals surface area contributed by atoms with E-state index in [1.165, 1.54) is 0 Å². The van der Waals surface area contributed by atoms with Crippen LogP contribution in [0, 0.1) is 0 Å². The highest BCUT2D eigenvalue weighted by molar-refractivity contribution is 5.86. The molecule has 0 bridgehead atoms. The number of ether oxygens (including phenoxy) is 1. The second-order valence-electron chi connectivity index (χ2n) is 2.58. The molecule has 0 saturated carbocycles. The molecule has 6 nitrogen and oxygen atoms in total. The fourth-order valence-electron chi connectivity index (χ4n) is 0.584. The van der Waals surface area contributed by atoms with E-state index < -0.39 is 5.97 Å². The van der Waals surface area contributed by atoms with Crippen molar-refractivity contribution in [3.8, 4) is 0 Å². The van der Waals surface area contributed by atoms with Crippen molar-refractivity contribution in [1.82, 2.24) is 5.32 Å². The van der Waals surface area contributed by atoms with E-state index in [9.17, 15) is 9.59 Å². The van der Waals surface area contributed by atoms with Crippen LogP contribution >= 0.6 is 0 Å². The summed E-state index contributed by atoms with van der Waals surface area (Å²) in [6.45, 7) is 5.05. The van der Waals surface area contributed by atoms with Gasteiger partial charge >= 0.3 is 5.97 Å². The van der Waals surface area contributed by atoms with E-state index in [1.807, 2.05) is 0 Å². The first-order valence-electron chi connectivity index (χ1n) is 3.99. The summed E-state index contributed by atoms with van der Waals surface area (Å²) in [7, 11) is 0. The van der Waals surface area contributed by atoms with Gasteiger partial charge in [-0.1, -0.05) is 6.58 Å². The number of carbonyl (C=O) groups excluding carboxylic acids is 2. The molecule has 6 heteroatoms. The van der Waals surface area contributed by atoms with Crippen molar-refractivity contribution in [2.75, 3.05) is 19.8 Å². The number of hydrogen-bond donors (Lipinski definition) is 2. The predicted molar refractivity (Wildman–Crippen MR) is 48.9 cm³/mol. The maximum atomic E-state index is 10.8. The topological polar surface area (TPSA) is 90.6 Å². The lowest BCUT2D eigenvalue weighted by Crippen LogP contribution is -2.32. The first-order chi connectivity index (χ1) is 6.57. The van der Waals surface area contributed by atoms with E-state index in [4.69, 9.17) is 4.74 Å². The summed E-state index contributed by atoms with van der Waals surface area (Å²) in [5.41, 5.74) is 0.321. The van der Waals surface area contributed by atoms with E-state index >= 15 is 0 Å².